The van der Waals surface area contributed by atoms with Crippen LogP contribution in [0.3, 0.4) is 0 Å². The van der Waals surface area contributed by atoms with Crippen LogP contribution in [0.2, 0.25) is 0 Å². The quantitative estimate of drug-likeness (QED) is 0.633. The Balaban J connectivity index is 2.27. The molecule has 1 heterocycles. The average molecular weight is 263 g/mol. The molecule has 0 amide bonds. The van der Waals surface area contributed by atoms with E-state index in [1.54, 1.807) is 10.7 Å². The van der Waals surface area contributed by atoms with Gasteiger partial charge in [0.15, 0.2) is 0 Å². The Morgan fingerprint density at radius 3 is 2.95 bits per heavy atom. The molecule has 1 unspecified atom stereocenters. The van der Waals surface area contributed by atoms with Gasteiger partial charge < -0.3 is 0 Å². The van der Waals surface area contributed by atoms with E-state index in [0.717, 1.165) is 23.5 Å². The molecule has 0 aliphatic rings. The molecule has 0 spiro atoms. The highest BCUT2D eigenvalue weighted by atomic mass is 19.1. The molecule has 0 fully saturated rings. The maximum Gasteiger partial charge on any atom is 0.138 e. The first-order valence-electron chi connectivity index (χ1n) is 6.24. The summed E-state index contributed by atoms with van der Waals surface area (Å²) in [5.41, 5.74) is 4.56. The Hall–Kier alpha value is -1.79. The number of hydrogen-bond donors (Lipinski definition) is 2. The Labute approximate surface area is 111 Å². The summed E-state index contributed by atoms with van der Waals surface area (Å²) >= 11 is 0. The van der Waals surface area contributed by atoms with Crippen LogP contribution in [-0.2, 0) is 13.0 Å². The summed E-state index contributed by atoms with van der Waals surface area (Å²) in [6.07, 6.45) is 2.08. The first-order valence-corrected chi connectivity index (χ1v) is 6.24. The molecule has 0 saturated heterocycles. The van der Waals surface area contributed by atoms with Crippen LogP contribution < -0.4 is 11.3 Å². The average Bonchev–Trinajstić information content (AvgIpc) is 2.86. The summed E-state index contributed by atoms with van der Waals surface area (Å²) in [6.45, 7) is 4.68. The first-order chi connectivity index (χ1) is 9.15. The number of hydrazine groups is 1. The van der Waals surface area contributed by atoms with E-state index >= 15 is 0 Å². The van der Waals surface area contributed by atoms with Crippen molar-refractivity contribution in [3.8, 4) is 0 Å². The third-order valence-corrected chi connectivity index (χ3v) is 3.20. The van der Waals surface area contributed by atoms with Gasteiger partial charge in [0.2, 0.25) is 0 Å². The second kappa shape index (κ2) is 5.90. The van der Waals surface area contributed by atoms with Crippen LogP contribution in [0.5, 0.6) is 0 Å². The number of nitrogens with two attached hydrogens (primary N) is 1. The lowest BCUT2D eigenvalue weighted by Gasteiger charge is -2.18. The Morgan fingerprint density at radius 1 is 1.47 bits per heavy atom. The van der Waals surface area contributed by atoms with E-state index in [1.807, 2.05) is 13.8 Å². The molecule has 0 aliphatic carbocycles. The Bertz CT molecular complexity index is 552. The van der Waals surface area contributed by atoms with Gasteiger partial charge in [-0.05, 0) is 37.1 Å². The zero-order valence-corrected chi connectivity index (χ0v) is 11.1. The molecule has 0 aliphatic heterocycles. The van der Waals surface area contributed by atoms with Crippen LogP contribution in [-0.4, -0.2) is 14.8 Å². The number of halogens is 1. The van der Waals surface area contributed by atoms with Crippen molar-refractivity contribution in [1.29, 1.82) is 0 Å². The highest BCUT2D eigenvalue weighted by Gasteiger charge is 2.16. The second-order valence-electron chi connectivity index (χ2n) is 4.42. The summed E-state index contributed by atoms with van der Waals surface area (Å²) in [5.74, 6) is 6.16. The van der Waals surface area contributed by atoms with E-state index < -0.39 is 0 Å². The van der Waals surface area contributed by atoms with Gasteiger partial charge in [0, 0.05) is 13.0 Å². The fraction of sp³-hybridized carbons (Fsp3) is 0.385. The second-order valence-corrected chi connectivity index (χ2v) is 4.42. The molecule has 6 heteroatoms. The van der Waals surface area contributed by atoms with Crippen LogP contribution >= 0.6 is 0 Å². The highest BCUT2D eigenvalue weighted by molar-refractivity contribution is 5.30. The summed E-state index contributed by atoms with van der Waals surface area (Å²) in [7, 11) is 0. The maximum absolute atomic E-state index is 13.4. The van der Waals surface area contributed by atoms with E-state index in [1.165, 1.54) is 18.5 Å². The lowest BCUT2D eigenvalue weighted by atomic mass is 9.99. The van der Waals surface area contributed by atoms with Crippen LogP contribution in [0.15, 0.2) is 24.5 Å². The van der Waals surface area contributed by atoms with Crippen LogP contribution in [0.4, 0.5) is 4.39 Å². The minimum atomic E-state index is -0.266. The van der Waals surface area contributed by atoms with Gasteiger partial charge in [0.05, 0.1) is 6.04 Å². The van der Waals surface area contributed by atoms with E-state index in [4.69, 9.17) is 5.84 Å². The number of benzene rings is 1. The molecule has 19 heavy (non-hydrogen) atoms. The van der Waals surface area contributed by atoms with Crippen LogP contribution in [0.1, 0.15) is 29.9 Å². The van der Waals surface area contributed by atoms with Gasteiger partial charge in [-0.3, -0.25) is 16.0 Å². The van der Waals surface area contributed by atoms with Crippen molar-refractivity contribution in [2.75, 3.05) is 0 Å². The molecule has 3 N–H and O–H groups in total. The number of hydrogen-bond acceptors (Lipinski definition) is 4. The van der Waals surface area contributed by atoms with Crippen molar-refractivity contribution in [3.63, 3.8) is 0 Å². The topological polar surface area (TPSA) is 68.8 Å². The normalized spacial score (nSPS) is 12.6. The molecule has 102 valence electrons. The van der Waals surface area contributed by atoms with Crippen molar-refractivity contribution >= 4 is 0 Å². The molecule has 5 nitrogen and oxygen atoms in total. The SMILES string of the molecule is CCn1ncnc1CC(NN)c1cc(F)ccc1C. The predicted octanol–water partition coefficient (Wildman–Crippen LogP) is 1.49. The molecular weight excluding hydrogens is 245 g/mol. The molecule has 0 bridgehead atoms. The molecule has 2 rings (SSSR count). The summed E-state index contributed by atoms with van der Waals surface area (Å²) in [4.78, 5) is 4.21. The molecular formula is C13H18FN5. The molecule has 1 atom stereocenters. The minimum Gasteiger partial charge on any atom is -0.271 e. The van der Waals surface area contributed by atoms with Gasteiger partial charge in [-0.15, -0.1) is 0 Å². The molecule has 1 aromatic heterocycles. The predicted molar refractivity (Wildman–Crippen MR) is 70.6 cm³/mol. The highest BCUT2D eigenvalue weighted by Crippen LogP contribution is 2.21. The van der Waals surface area contributed by atoms with E-state index in [0.29, 0.717) is 6.42 Å². The number of nitrogens with one attached hydrogen (secondary N) is 1. The monoisotopic (exact) mass is 263 g/mol. The number of aryl methyl sites for hydroxylation is 2. The maximum atomic E-state index is 13.4. The van der Waals surface area contributed by atoms with Crippen molar-refractivity contribution in [1.82, 2.24) is 20.2 Å². The van der Waals surface area contributed by atoms with E-state index in [9.17, 15) is 4.39 Å². The van der Waals surface area contributed by atoms with Crippen molar-refractivity contribution in [2.24, 2.45) is 5.84 Å². The van der Waals surface area contributed by atoms with Crippen LogP contribution in [0, 0.1) is 12.7 Å². The molecule has 2 aromatic rings. The summed E-state index contributed by atoms with van der Waals surface area (Å²) in [5, 5.41) is 4.12. The molecule has 0 saturated carbocycles. The fourth-order valence-corrected chi connectivity index (χ4v) is 2.14. The van der Waals surface area contributed by atoms with Crippen molar-refractivity contribution in [2.45, 2.75) is 32.9 Å². The van der Waals surface area contributed by atoms with E-state index in [2.05, 4.69) is 15.5 Å². The Morgan fingerprint density at radius 2 is 2.26 bits per heavy atom. The fourth-order valence-electron chi connectivity index (χ4n) is 2.14. The van der Waals surface area contributed by atoms with E-state index in [-0.39, 0.29) is 11.9 Å². The minimum absolute atomic E-state index is 0.190. The molecule has 1 aromatic carbocycles. The van der Waals surface area contributed by atoms with Gasteiger partial charge in [-0.2, -0.15) is 5.10 Å². The van der Waals surface area contributed by atoms with Gasteiger partial charge in [-0.25, -0.2) is 9.37 Å². The summed E-state index contributed by atoms with van der Waals surface area (Å²) in [6, 6.07) is 4.51. The standard InChI is InChI=1S/C13H18FN5/c1-3-19-13(16-8-17-19)7-12(18-15)11-6-10(14)5-4-9(11)2/h4-6,8,12,18H,3,7,15H2,1-2H3. The zero-order chi connectivity index (χ0) is 13.8. The van der Waals surface area contributed by atoms with Gasteiger partial charge >= 0.3 is 0 Å². The first kappa shape index (κ1) is 13.6. The van der Waals surface area contributed by atoms with Gasteiger partial charge in [-0.1, -0.05) is 6.07 Å². The van der Waals surface area contributed by atoms with Crippen LogP contribution in [0.25, 0.3) is 0 Å². The third-order valence-electron chi connectivity index (χ3n) is 3.20. The van der Waals surface area contributed by atoms with Crippen molar-refractivity contribution in [3.05, 3.63) is 47.3 Å². The number of aromatic nitrogens is 3. The third kappa shape index (κ3) is 2.97. The van der Waals surface area contributed by atoms with Gasteiger partial charge in [0.25, 0.3) is 0 Å². The summed E-state index contributed by atoms with van der Waals surface area (Å²) < 4.78 is 15.2. The molecule has 0 radical (unpaired) electrons. The smallest absolute Gasteiger partial charge is 0.138 e. The number of nitrogens with zero attached hydrogens (tertiary/aromatic N) is 3. The zero-order valence-electron chi connectivity index (χ0n) is 11.1. The lowest BCUT2D eigenvalue weighted by molar-refractivity contribution is 0.505. The van der Waals surface area contributed by atoms with Gasteiger partial charge in [0.1, 0.15) is 18.0 Å². The number of rotatable bonds is 5. The Kier molecular flexibility index (Phi) is 4.24. The lowest BCUT2D eigenvalue weighted by Crippen LogP contribution is -2.31. The van der Waals surface area contributed by atoms with Crippen molar-refractivity contribution < 1.29 is 4.39 Å². The largest absolute Gasteiger partial charge is 0.271 e.